The Balaban J connectivity index is 2.97. The van der Waals surface area contributed by atoms with Crippen molar-refractivity contribution in [2.45, 2.75) is 18.4 Å². The lowest BCUT2D eigenvalue weighted by molar-refractivity contribution is 0.203. The smallest absolute Gasteiger partial charge is 0.242 e. The molecule has 1 aromatic carbocycles. The van der Waals surface area contributed by atoms with Crippen LogP contribution in [-0.2, 0) is 21.3 Å². The van der Waals surface area contributed by atoms with Gasteiger partial charge in [0.15, 0.2) is 5.96 Å². The van der Waals surface area contributed by atoms with Gasteiger partial charge >= 0.3 is 0 Å². The minimum atomic E-state index is -3.49. The van der Waals surface area contributed by atoms with Crippen LogP contribution in [0, 0.1) is 0 Å². The van der Waals surface area contributed by atoms with E-state index < -0.39 is 10.0 Å². The van der Waals surface area contributed by atoms with Gasteiger partial charge in [0.1, 0.15) is 0 Å². The summed E-state index contributed by atoms with van der Waals surface area (Å²) in [4.78, 5) is 4.72. The van der Waals surface area contributed by atoms with Gasteiger partial charge in [0.05, 0.1) is 18.0 Å². The molecule has 0 amide bonds. The number of hydrogen-bond donors (Lipinski definition) is 2. The SMILES string of the molecule is CCNC(=NCc1ccccc1S(=O)(=O)N(C)C)NCCOC. The summed E-state index contributed by atoms with van der Waals surface area (Å²) in [6.45, 7) is 4.15. The van der Waals surface area contributed by atoms with Gasteiger partial charge in [0.25, 0.3) is 0 Å². The molecule has 23 heavy (non-hydrogen) atoms. The summed E-state index contributed by atoms with van der Waals surface area (Å²) in [6.07, 6.45) is 0. The van der Waals surface area contributed by atoms with Crippen LogP contribution in [0.2, 0.25) is 0 Å². The second kappa shape index (κ2) is 9.49. The summed E-state index contributed by atoms with van der Waals surface area (Å²) >= 11 is 0. The molecule has 0 radical (unpaired) electrons. The van der Waals surface area contributed by atoms with Gasteiger partial charge in [-0.05, 0) is 18.6 Å². The van der Waals surface area contributed by atoms with Crippen LogP contribution in [0.15, 0.2) is 34.2 Å². The van der Waals surface area contributed by atoms with Gasteiger partial charge in [-0.25, -0.2) is 17.7 Å². The number of ether oxygens (including phenoxy) is 1. The van der Waals surface area contributed by atoms with Crippen LogP contribution in [0.1, 0.15) is 12.5 Å². The first-order chi connectivity index (χ1) is 10.9. The molecule has 0 bridgehead atoms. The number of hydrogen-bond acceptors (Lipinski definition) is 4. The lowest BCUT2D eigenvalue weighted by Crippen LogP contribution is -2.38. The molecule has 7 nitrogen and oxygen atoms in total. The van der Waals surface area contributed by atoms with E-state index in [9.17, 15) is 8.42 Å². The normalized spacial score (nSPS) is 12.5. The number of guanidine groups is 1. The topological polar surface area (TPSA) is 83.0 Å². The minimum absolute atomic E-state index is 0.269. The molecule has 130 valence electrons. The summed E-state index contributed by atoms with van der Waals surface area (Å²) in [5, 5.41) is 6.24. The zero-order valence-corrected chi connectivity index (χ0v) is 15.0. The molecular weight excluding hydrogens is 316 g/mol. The Kier molecular flexibility index (Phi) is 8.01. The molecule has 0 aliphatic rings. The van der Waals surface area contributed by atoms with E-state index in [1.807, 2.05) is 13.0 Å². The number of benzene rings is 1. The third-order valence-electron chi connectivity index (χ3n) is 3.08. The summed E-state index contributed by atoms with van der Waals surface area (Å²) < 4.78 is 30.9. The molecule has 0 aliphatic heterocycles. The Morgan fingerprint density at radius 1 is 1.26 bits per heavy atom. The van der Waals surface area contributed by atoms with Gasteiger partial charge in [0, 0.05) is 34.3 Å². The quantitative estimate of drug-likeness (QED) is 0.411. The predicted molar refractivity (Wildman–Crippen MR) is 92.0 cm³/mol. The maximum absolute atomic E-state index is 12.4. The van der Waals surface area contributed by atoms with E-state index in [1.165, 1.54) is 18.4 Å². The molecule has 0 saturated carbocycles. The lowest BCUT2D eigenvalue weighted by Gasteiger charge is -2.15. The maximum Gasteiger partial charge on any atom is 0.242 e. The molecule has 0 aliphatic carbocycles. The number of methoxy groups -OCH3 is 1. The van der Waals surface area contributed by atoms with Gasteiger partial charge in [-0.2, -0.15) is 0 Å². The van der Waals surface area contributed by atoms with E-state index in [-0.39, 0.29) is 11.4 Å². The summed E-state index contributed by atoms with van der Waals surface area (Å²) in [5.41, 5.74) is 0.658. The number of aliphatic imine (C=N–C) groups is 1. The van der Waals surface area contributed by atoms with Crippen molar-refractivity contribution >= 4 is 16.0 Å². The fourth-order valence-electron chi connectivity index (χ4n) is 1.86. The van der Waals surface area contributed by atoms with Gasteiger partial charge in [-0.1, -0.05) is 18.2 Å². The number of nitrogens with zero attached hydrogens (tertiary/aromatic N) is 2. The molecular formula is C15H26N4O3S. The second-order valence-corrected chi connectivity index (χ2v) is 7.13. The maximum atomic E-state index is 12.4. The molecule has 0 atom stereocenters. The molecule has 1 aromatic rings. The van der Waals surface area contributed by atoms with Crippen molar-refractivity contribution in [3.8, 4) is 0 Å². The predicted octanol–water partition coefficient (Wildman–Crippen LogP) is 0.638. The van der Waals surface area contributed by atoms with E-state index in [0.29, 0.717) is 24.7 Å². The second-order valence-electron chi connectivity index (χ2n) is 5.01. The molecule has 0 spiro atoms. The van der Waals surface area contributed by atoms with Crippen LogP contribution in [0.4, 0.5) is 0 Å². The zero-order chi connectivity index (χ0) is 17.3. The fraction of sp³-hybridized carbons (Fsp3) is 0.533. The Bertz CT molecular complexity index is 615. The first-order valence-electron chi connectivity index (χ1n) is 7.45. The Labute approximate surface area is 138 Å². The van der Waals surface area contributed by atoms with Crippen LogP contribution in [0.3, 0.4) is 0 Å². The van der Waals surface area contributed by atoms with Gasteiger partial charge in [-0.15, -0.1) is 0 Å². The van der Waals surface area contributed by atoms with Crippen LogP contribution >= 0.6 is 0 Å². The molecule has 8 heteroatoms. The molecule has 1 rings (SSSR count). The molecule has 0 aromatic heterocycles. The molecule has 2 N–H and O–H groups in total. The summed E-state index contributed by atoms with van der Waals surface area (Å²) in [5.74, 6) is 0.626. The first-order valence-corrected chi connectivity index (χ1v) is 8.89. The summed E-state index contributed by atoms with van der Waals surface area (Å²) in [7, 11) is 1.19. The molecule has 0 fully saturated rings. The van der Waals surface area contributed by atoms with Crippen molar-refractivity contribution < 1.29 is 13.2 Å². The Hall–Kier alpha value is -1.64. The van der Waals surface area contributed by atoms with Crippen molar-refractivity contribution in [1.82, 2.24) is 14.9 Å². The lowest BCUT2D eigenvalue weighted by atomic mass is 10.2. The monoisotopic (exact) mass is 342 g/mol. The van der Waals surface area contributed by atoms with Crippen molar-refractivity contribution in [3.63, 3.8) is 0 Å². The van der Waals surface area contributed by atoms with Crippen LogP contribution in [0.25, 0.3) is 0 Å². The minimum Gasteiger partial charge on any atom is -0.383 e. The average molecular weight is 342 g/mol. The van der Waals surface area contributed by atoms with E-state index >= 15 is 0 Å². The zero-order valence-electron chi connectivity index (χ0n) is 14.2. The molecule has 0 unspecified atom stereocenters. The van der Waals surface area contributed by atoms with E-state index in [0.717, 1.165) is 6.54 Å². The summed E-state index contributed by atoms with van der Waals surface area (Å²) in [6, 6.07) is 6.90. The van der Waals surface area contributed by atoms with Crippen molar-refractivity contribution in [2.24, 2.45) is 4.99 Å². The van der Waals surface area contributed by atoms with Crippen LogP contribution in [-0.4, -0.2) is 59.6 Å². The van der Waals surface area contributed by atoms with Crippen molar-refractivity contribution in [3.05, 3.63) is 29.8 Å². The van der Waals surface area contributed by atoms with Crippen molar-refractivity contribution in [1.29, 1.82) is 0 Å². The van der Waals surface area contributed by atoms with Crippen molar-refractivity contribution in [2.75, 3.05) is 40.9 Å². The van der Waals surface area contributed by atoms with Gasteiger partial charge in [0.2, 0.25) is 10.0 Å². The number of nitrogens with one attached hydrogen (secondary N) is 2. The highest BCUT2D eigenvalue weighted by Crippen LogP contribution is 2.19. The van der Waals surface area contributed by atoms with E-state index in [2.05, 4.69) is 15.6 Å². The fourth-order valence-corrected chi connectivity index (χ4v) is 2.97. The third-order valence-corrected chi connectivity index (χ3v) is 5.00. The van der Waals surface area contributed by atoms with Crippen LogP contribution < -0.4 is 10.6 Å². The van der Waals surface area contributed by atoms with Crippen LogP contribution in [0.5, 0.6) is 0 Å². The van der Waals surface area contributed by atoms with E-state index in [4.69, 9.17) is 4.74 Å². The standard InChI is InChI=1S/C15H26N4O3S/c1-5-16-15(17-10-11-22-4)18-12-13-8-6-7-9-14(13)23(20,21)19(2)3/h6-9H,5,10-12H2,1-4H3,(H2,16,17,18). The third kappa shape index (κ3) is 5.81. The highest BCUT2D eigenvalue weighted by molar-refractivity contribution is 7.89. The first kappa shape index (κ1) is 19.4. The highest BCUT2D eigenvalue weighted by atomic mass is 32.2. The van der Waals surface area contributed by atoms with Gasteiger partial charge in [-0.3, -0.25) is 0 Å². The Morgan fingerprint density at radius 2 is 1.96 bits per heavy atom. The van der Waals surface area contributed by atoms with E-state index in [1.54, 1.807) is 25.3 Å². The number of sulfonamides is 1. The Morgan fingerprint density at radius 3 is 2.57 bits per heavy atom. The van der Waals surface area contributed by atoms with Gasteiger partial charge < -0.3 is 15.4 Å². The molecule has 0 heterocycles. The molecule has 0 saturated heterocycles. The average Bonchev–Trinajstić information content (AvgIpc) is 2.53. The highest BCUT2D eigenvalue weighted by Gasteiger charge is 2.20. The number of rotatable bonds is 8. The largest absolute Gasteiger partial charge is 0.383 e.